The minimum atomic E-state index is -0.646. The molecule has 0 aliphatic heterocycles. The van der Waals surface area contributed by atoms with Crippen molar-refractivity contribution in [2.45, 2.75) is 13.3 Å². The van der Waals surface area contributed by atoms with Crippen molar-refractivity contribution in [2.75, 3.05) is 7.11 Å². The van der Waals surface area contributed by atoms with Crippen molar-refractivity contribution in [1.82, 2.24) is 9.55 Å². The van der Waals surface area contributed by atoms with Gasteiger partial charge in [-0.25, -0.2) is 9.36 Å². The van der Waals surface area contributed by atoms with Gasteiger partial charge in [-0.3, -0.25) is 9.78 Å². The number of nitrogens with one attached hydrogen (secondary N) is 1. The molecule has 20 heavy (non-hydrogen) atoms. The highest BCUT2D eigenvalue weighted by molar-refractivity contribution is 6.32. The van der Waals surface area contributed by atoms with Crippen LogP contribution >= 0.6 is 23.2 Å². The van der Waals surface area contributed by atoms with Gasteiger partial charge >= 0.3 is 5.69 Å². The quantitative estimate of drug-likeness (QED) is 0.885. The van der Waals surface area contributed by atoms with Crippen LogP contribution in [0.3, 0.4) is 0 Å². The number of halogens is 2. The van der Waals surface area contributed by atoms with Crippen molar-refractivity contribution < 1.29 is 4.74 Å². The average Bonchev–Trinajstić information content (AvgIpc) is 2.40. The maximum Gasteiger partial charge on any atom is 0.334 e. The molecule has 2 aromatic rings. The summed E-state index contributed by atoms with van der Waals surface area (Å²) in [5.41, 5.74) is -0.558. The van der Waals surface area contributed by atoms with E-state index in [0.717, 1.165) is 4.57 Å². The smallest absolute Gasteiger partial charge is 0.334 e. The molecule has 0 saturated carbocycles. The van der Waals surface area contributed by atoms with Gasteiger partial charge in [0.1, 0.15) is 10.9 Å². The normalized spacial score (nSPS) is 10.6. The van der Waals surface area contributed by atoms with E-state index in [1.54, 1.807) is 19.1 Å². The Hall–Kier alpha value is -1.72. The lowest BCUT2D eigenvalue weighted by molar-refractivity contribution is 0.414. The molecule has 0 saturated heterocycles. The van der Waals surface area contributed by atoms with E-state index in [1.165, 1.54) is 13.2 Å². The number of aromatic nitrogens is 2. The van der Waals surface area contributed by atoms with Crippen molar-refractivity contribution in [3.63, 3.8) is 0 Å². The second-order valence-electron chi connectivity index (χ2n) is 4.03. The SMILES string of the molecule is CCc1c(Cl)[nH]c(=O)n(-c2cc(OC)ccc2Cl)c1=O. The molecule has 7 heteroatoms. The average molecular weight is 315 g/mol. The van der Waals surface area contributed by atoms with Gasteiger partial charge in [-0.2, -0.15) is 0 Å². The Morgan fingerprint density at radius 2 is 2.00 bits per heavy atom. The summed E-state index contributed by atoms with van der Waals surface area (Å²) in [6.07, 6.45) is 0.399. The van der Waals surface area contributed by atoms with Crippen LogP contribution in [0.25, 0.3) is 5.69 Å². The molecule has 0 aliphatic carbocycles. The Morgan fingerprint density at radius 3 is 2.60 bits per heavy atom. The van der Waals surface area contributed by atoms with Crippen LogP contribution in [0.5, 0.6) is 5.75 Å². The maximum absolute atomic E-state index is 12.4. The van der Waals surface area contributed by atoms with E-state index in [4.69, 9.17) is 27.9 Å². The summed E-state index contributed by atoms with van der Waals surface area (Å²) in [6, 6.07) is 4.72. The summed E-state index contributed by atoms with van der Waals surface area (Å²) in [5, 5.41) is 0.320. The number of aromatic amines is 1. The van der Waals surface area contributed by atoms with Crippen LogP contribution in [-0.4, -0.2) is 16.7 Å². The van der Waals surface area contributed by atoms with Gasteiger partial charge < -0.3 is 4.74 Å². The zero-order chi connectivity index (χ0) is 14.9. The number of methoxy groups -OCH3 is 1. The van der Waals surface area contributed by atoms with E-state index < -0.39 is 11.2 Å². The van der Waals surface area contributed by atoms with Crippen LogP contribution < -0.4 is 16.0 Å². The molecule has 0 unspecified atom stereocenters. The highest BCUT2D eigenvalue weighted by Gasteiger charge is 2.15. The molecule has 1 aromatic heterocycles. The van der Waals surface area contributed by atoms with Crippen molar-refractivity contribution >= 4 is 23.2 Å². The van der Waals surface area contributed by atoms with Crippen molar-refractivity contribution in [2.24, 2.45) is 0 Å². The zero-order valence-electron chi connectivity index (χ0n) is 10.9. The predicted octanol–water partition coefficient (Wildman–Crippen LogP) is 2.40. The van der Waals surface area contributed by atoms with Gasteiger partial charge in [-0.15, -0.1) is 0 Å². The molecule has 0 atom stereocenters. The minimum absolute atomic E-state index is 0.0535. The minimum Gasteiger partial charge on any atom is -0.497 e. The van der Waals surface area contributed by atoms with Crippen LogP contribution in [-0.2, 0) is 6.42 Å². The fourth-order valence-corrected chi connectivity index (χ4v) is 2.36. The molecule has 1 aromatic carbocycles. The van der Waals surface area contributed by atoms with Crippen molar-refractivity contribution in [1.29, 1.82) is 0 Å². The number of hydrogen-bond acceptors (Lipinski definition) is 3. The molecule has 106 valence electrons. The van der Waals surface area contributed by atoms with E-state index in [1.807, 2.05) is 0 Å². The molecule has 0 amide bonds. The number of hydrogen-bond donors (Lipinski definition) is 1. The second kappa shape index (κ2) is 5.73. The number of rotatable bonds is 3. The maximum atomic E-state index is 12.4. The number of ether oxygens (including phenoxy) is 1. The van der Waals surface area contributed by atoms with Crippen molar-refractivity contribution in [3.8, 4) is 11.4 Å². The summed E-state index contributed by atoms with van der Waals surface area (Å²) < 4.78 is 6.03. The summed E-state index contributed by atoms with van der Waals surface area (Å²) >= 11 is 11.9. The highest BCUT2D eigenvalue weighted by atomic mass is 35.5. The van der Waals surface area contributed by atoms with Gasteiger partial charge in [0.25, 0.3) is 5.56 Å². The third-order valence-electron chi connectivity index (χ3n) is 2.89. The van der Waals surface area contributed by atoms with Gasteiger partial charge in [-0.1, -0.05) is 30.1 Å². The Bertz CT molecular complexity index is 765. The third kappa shape index (κ3) is 2.46. The third-order valence-corrected chi connectivity index (χ3v) is 3.54. The first-order valence-corrected chi connectivity index (χ1v) is 6.62. The van der Waals surface area contributed by atoms with Gasteiger partial charge in [0, 0.05) is 6.07 Å². The zero-order valence-corrected chi connectivity index (χ0v) is 12.4. The van der Waals surface area contributed by atoms with Gasteiger partial charge in [0.15, 0.2) is 0 Å². The fraction of sp³-hybridized carbons (Fsp3) is 0.231. The molecule has 0 aliphatic rings. The van der Waals surface area contributed by atoms with Crippen LogP contribution in [0.4, 0.5) is 0 Å². The van der Waals surface area contributed by atoms with Crippen LogP contribution in [0.2, 0.25) is 10.2 Å². The van der Waals surface area contributed by atoms with Crippen LogP contribution in [0, 0.1) is 0 Å². The molecule has 1 heterocycles. The molecule has 0 spiro atoms. The van der Waals surface area contributed by atoms with Crippen molar-refractivity contribution in [3.05, 3.63) is 54.8 Å². The predicted molar refractivity (Wildman–Crippen MR) is 78.6 cm³/mol. The van der Waals surface area contributed by atoms with E-state index in [2.05, 4.69) is 4.98 Å². The molecule has 2 rings (SSSR count). The van der Waals surface area contributed by atoms with Crippen LogP contribution in [0.15, 0.2) is 27.8 Å². The molecule has 0 bridgehead atoms. The molecule has 5 nitrogen and oxygen atoms in total. The fourth-order valence-electron chi connectivity index (χ4n) is 1.86. The molecule has 0 radical (unpaired) electrons. The molecular formula is C13H12Cl2N2O3. The van der Waals surface area contributed by atoms with Gasteiger partial charge in [0.2, 0.25) is 0 Å². The topological polar surface area (TPSA) is 64.1 Å². The lowest BCUT2D eigenvalue weighted by Crippen LogP contribution is -2.36. The van der Waals surface area contributed by atoms with Gasteiger partial charge in [0.05, 0.1) is 23.4 Å². The largest absolute Gasteiger partial charge is 0.497 e. The van der Waals surface area contributed by atoms with Gasteiger partial charge in [-0.05, 0) is 18.6 Å². The van der Waals surface area contributed by atoms with E-state index in [9.17, 15) is 9.59 Å². The monoisotopic (exact) mass is 314 g/mol. The lowest BCUT2D eigenvalue weighted by atomic mass is 10.2. The Morgan fingerprint density at radius 1 is 1.30 bits per heavy atom. The Balaban J connectivity index is 2.83. The summed E-state index contributed by atoms with van der Waals surface area (Å²) in [7, 11) is 1.49. The van der Waals surface area contributed by atoms with Crippen LogP contribution in [0.1, 0.15) is 12.5 Å². The first-order valence-electron chi connectivity index (χ1n) is 5.87. The lowest BCUT2D eigenvalue weighted by Gasteiger charge is -2.10. The summed E-state index contributed by atoms with van der Waals surface area (Å²) in [6.45, 7) is 1.78. The van der Waals surface area contributed by atoms with E-state index in [-0.39, 0.29) is 15.9 Å². The van der Waals surface area contributed by atoms with E-state index >= 15 is 0 Å². The molecular weight excluding hydrogens is 303 g/mol. The standard InChI is InChI=1S/C13H12Cl2N2O3/c1-3-8-11(15)16-13(19)17(12(8)18)10-6-7(20-2)4-5-9(10)14/h4-6H,3H2,1-2H3,(H,16,19). The molecule has 0 fully saturated rings. The number of H-pyrrole nitrogens is 1. The highest BCUT2D eigenvalue weighted by Crippen LogP contribution is 2.24. The Kier molecular flexibility index (Phi) is 4.20. The number of benzene rings is 1. The first-order chi connectivity index (χ1) is 9.49. The summed E-state index contributed by atoms with van der Waals surface area (Å²) in [4.78, 5) is 26.8. The Labute approximate surface area is 124 Å². The number of nitrogens with zero attached hydrogens (tertiary/aromatic N) is 1. The van der Waals surface area contributed by atoms with E-state index in [0.29, 0.717) is 17.7 Å². The first kappa shape index (κ1) is 14.7. The second-order valence-corrected chi connectivity index (χ2v) is 4.82. The molecule has 1 N–H and O–H groups in total. The summed E-state index contributed by atoms with van der Waals surface area (Å²) in [5.74, 6) is 0.490.